The van der Waals surface area contributed by atoms with Gasteiger partial charge in [-0.3, -0.25) is 0 Å². The van der Waals surface area contributed by atoms with Crippen LogP contribution in [0.25, 0.3) is 11.3 Å². The van der Waals surface area contributed by atoms with E-state index in [4.69, 9.17) is 12.2 Å². The number of benzene rings is 1. The van der Waals surface area contributed by atoms with E-state index in [0.717, 1.165) is 10.3 Å². The summed E-state index contributed by atoms with van der Waals surface area (Å²) in [7, 11) is 0. The van der Waals surface area contributed by atoms with Gasteiger partial charge in [-0.1, -0.05) is 42.0 Å². The minimum Gasteiger partial charge on any atom is -0.346 e. The van der Waals surface area contributed by atoms with E-state index in [1.165, 1.54) is 11.1 Å². The summed E-state index contributed by atoms with van der Waals surface area (Å²) in [5.74, 6) is 0. The third-order valence-corrected chi connectivity index (χ3v) is 2.34. The molecule has 0 unspecified atom stereocenters. The molecular weight excluding hydrogens is 190 g/mol. The minimum atomic E-state index is 0.768. The number of H-pyrrole nitrogens is 1. The molecule has 2 aromatic rings. The lowest BCUT2D eigenvalue weighted by molar-refractivity contribution is 1.29. The SMILES string of the molecule is Cc1cccc(-c2cccc(=S)[nH]2)c1. The summed E-state index contributed by atoms with van der Waals surface area (Å²) in [4.78, 5) is 3.17. The molecular formula is C12H11NS. The van der Waals surface area contributed by atoms with E-state index in [2.05, 4.69) is 36.2 Å². The molecule has 70 valence electrons. The Morgan fingerprint density at radius 3 is 2.57 bits per heavy atom. The van der Waals surface area contributed by atoms with Crippen LogP contribution < -0.4 is 0 Å². The first-order valence-corrected chi connectivity index (χ1v) is 4.93. The van der Waals surface area contributed by atoms with E-state index in [-0.39, 0.29) is 0 Å². The molecule has 1 aromatic carbocycles. The molecule has 0 fully saturated rings. The molecule has 0 bridgehead atoms. The fourth-order valence-electron chi connectivity index (χ4n) is 1.43. The molecule has 0 spiro atoms. The number of hydrogen-bond acceptors (Lipinski definition) is 1. The quantitative estimate of drug-likeness (QED) is 0.695. The topological polar surface area (TPSA) is 15.8 Å². The highest BCUT2D eigenvalue weighted by atomic mass is 32.1. The summed E-state index contributed by atoms with van der Waals surface area (Å²) in [5.41, 5.74) is 3.50. The van der Waals surface area contributed by atoms with Crippen molar-refractivity contribution in [1.82, 2.24) is 4.98 Å². The number of aryl methyl sites for hydroxylation is 1. The van der Waals surface area contributed by atoms with Crippen molar-refractivity contribution in [2.24, 2.45) is 0 Å². The van der Waals surface area contributed by atoms with Crippen LogP contribution in [-0.4, -0.2) is 4.98 Å². The van der Waals surface area contributed by atoms with E-state index in [9.17, 15) is 0 Å². The molecule has 0 saturated heterocycles. The van der Waals surface area contributed by atoms with E-state index in [0.29, 0.717) is 0 Å². The number of pyridine rings is 1. The molecule has 0 aliphatic heterocycles. The average Bonchev–Trinajstić information content (AvgIpc) is 2.18. The van der Waals surface area contributed by atoms with Crippen LogP contribution in [0, 0.1) is 11.6 Å². The van der Waals surface area contributed by atoms with E-state index in [1.807, 2.05) is 18.2 Å². The van der Waals surface area contributed by atoms with Crippen LogP contribution >= 0.6 is 12.2 Å². The van der Waals surface area contributed by atoms with Gasteiger partial charge < -0.3 is 4.98 Å². The second kappa shape index (κ2) is 3.76. The smallest absolute Gasteiger partial charge is 0.103 e. The molecule has 2 rings (SSSR count). The fourth-order valence-corrected chi connectivity index (χ4v) is 1.62. The molecule has 0 saturated carbocycles. The highest BCUT2D eigenvalue weighted by molar-refractivity contribution is 7.71. The van der Waals surface area contributed by atoms with Crippen molar-refractivity contribution in [2.45, 2.75) is 6.92 Å². The van der Waals surface area contributed by atoms with Gasteiger partial charge in [-0.15, -0.1) is 0 Å². The van der Waals surface area contributed by atoms with Gasteiger partial charge >= 0.3 is 0 Å². The lowest BCUT2D eigenvalue weighted by Gasteiger charge is -2.02. The molecule has 0 radical (unpaired) electrons. The molecule has 0 atom stereocenters. The van der Waals surface area contributed by atoms with Crippen LogP contribution in [0.3, 0.4) is 0 Å². The second-order valence-electron chi connectivity index (χ2n) is 3.30. The molecule has 0 aliphatic rings. The van der Waals surface area contributed by atoms with Crippen molar-refractivity contribution in [2.75, 3.05) is 0 Å². The first-order chi connectivity index (χ1) is 6.75. The Balaban J connectivity index is 2.55. The van der Waals surface area contributed by atoms with Gasteiger partial charge in [0.1, 0.15) is 4.64 Å². The van der Waals surface area contributed by atoms with Gasteiger partial charge in [-0.2, -0.15) is 0 Å². The number of aromatic nitrogens is 1. The van der Waals surface area contributed by atoms with E-state index >= 15 is 0 Å². The maximum absolute atomic E-state index is 5.08. The van der Waals surface area contributed by atoms with Crippen LogP contribution in [0.1, 0.15) is 5.56 Å². The zero-order chi connectivity index (χ0) is 9.97. The summed E-state index contributed by atoms with van der Waals surface area (Å²) >= 11 is 5.08. The Morgan fingerprint density at radius 1 is 1.07 bits per heavy atom. The minimum absolute atomic E-state index is 0.768. The number of aromatic amines is 1. The van der Waals surface area contributed by atoms with Gasteiger partial charge in [0.2, 0.25) is 0 Å². The second-order valence-corrected chi connectivity index (χ2v) is 3.74. The van der Waals surface area contributed by atoms with Crippen molar-refractivity contribution in [3.05, 3.63) is 52.7 Å². The normalized spacial score (nSPS) is 10.1. The predicted octanol–water partition coefficient (Wildman–Crippen LogP) is 3.72. The molecule has 0 amide bonds. The van der Waals surface area contributed by atoms with E-state index < -0.39 is 0 Å². The molecule has 0 aliphatic carbocycles. The molecule has 1 nitrogen and oxygen atoms in total. The maximum atomic E-state index is 5.08. The fraction of sp³-hybridized carbons (Fsp3) is 0.0833. The third kappa shape index (κ3) is 1.91. The van der Waals surface area contributed by atoms with Crippen LogP contribution in [0.5, 0.6) is 0 Å². The Kier molecular flexibility index (Phi) is 2.46. The first-order valence-electron chi connectivity index (χ1n) is 4.52. The van der Waals surface area contributed by atoms with Crippen molar-refractivity contribution in [1.29, 1.82) is 0 Å². The number of nitrogens with one attached hydrogen (secondary N) is 1. The Bertz CT molecular complexity index is 499. The van der Waals surface area contributed by atoms with Gasteiger partial charge in [-0.25, -0.2) is 0 Å². The van der Waals surface area contributed by atoms with Crippen LogP contribution in [0.2, 0.25) is 0 Å². The lowest BCUT2D eigenvalue weighted by atomic mass is 10.1. The molecule has 1 heterocycles. The van der Waals surface area contributed by atoms with Crippen molar-refractivity contribution < 1.29 is 0 Å². The molecule has 1 aromatic heterocycles. The highest BCUT2D eigenvalue weighted by Gasteiger charge is 1.96. The highest BCUT2D eigenvalue weighted by Crippen LogP contribution is 2.17. The number of hydrogen-bond donors (Lipinski definition) is 1. The summed E-state index contributed by atoms with van der Waals surface area (Å²) in [5, 5.41) is 0. The van der Waals surface area contributed by atoms with Crippen molar-refractivity contribution in [3.63, 3.8) is 0 Å². The van der Waals surface area contributed by atoms with Gasteiger partial charge in [0.05, 0.1) is 0 Å². The van der Waals surface area contributed by atoms with Gasteiger partial charge in [0.25, 0.3) is 0 Å². The summed E-state index contributed by atoms with van der Waals surface area (Å²) in [6, 6.07) is 14.2. The Morgan fingerprint density at radius 2 is 1.86 bits per heavy atom. The van der Waals surface area contributed by atoms with Crippen LogP contribution in [0.15, 0.2) is 42.5 Å². The van der Waals surface area contributed by atoms with Crippen LogP contribution in [-0.2, 0) is 0 Å². The zero-order valence-electron chi connectivity index (χ0n) is 7.95. The lowest BCUT2D eigenvalue weighted by Crippen LogP contribution is -1.83. The van der Waals surface area contributed by atoms with Gasteiger partial charge in [0, 0.05) is 5.69 Å². The maximum Gasteiger partial charge on any atom is 0.103 e. The van der Waals surface area contributed by atoms with Gasteiger partial charge in [0.15, 0.2) is 0 Å². The monoisotopic (exact) mass is 201 g/mol. The van der Waals surface area contributed by atoms with Crippen molar-refractivity contribution in [3.8, 4) is 11.3 Å². The average molecular weight is 201 g/mol. The van der Waals surface area contributed by atoms with Crippen LogP contribution in [0.4, 0.5) is 0 Å². The summed E-state index contributed by atoms with van der Waals surface area (Å²) in [6.45, 7) is 2.08. The zero-order valence-corrected chi connectivity index (χ0v) is 8.77. The Labute approximate surface area is 88.4 Å². The Hall–Kier alpha value is -1.41. The largest absolute Gasteiger partial charge is 0.346 e. The number of rotatable bonds is 1. The third-order valence-electron chi connectivity index (χ3n) is 2.10. The molecule has 1 N–H and O–H groups in total. The summed E-state index contributed by atoms with van der Waals surface area (Å²) in [6.07, 6.45) is 0. The molecule has 2 heteroatoms. The van der Waals surface area contributed by atoms with Crippen molar-refractivity contribution >= 4 is 12.2 Å². The predicted molar refractivity (Wildman–Crippen MR) is 61.8 cm³/mol. The first kappa shape index (κ1) is 9.16. The standard InChI is InChI=1S/C12H11NS/c1-9-4-2-5-10(8-9)11-6-3-7-12(14)13-11/h2-8H,1H3,(H,13,14). The van der Waals surface area contributed by atoms with E-state index in [1.54, 1.807) is 0 Å². The summed E-state index contributed by atoms with van der Waals surface area (Å²) < 4.78 is 0.768. The van der Waals surface area contributed by atoms with Gasteiger partial charge in [-0.05, 0) is 30.7 Å². The molecule has 14 heavy (non-hydrogen) atoms.